The lowest BCUT2D eigenvalue weighted by Crippen LogP contribution is -2.17. The first-order chi connectivity index (χ1) is 4.70. The zero-order chi connectivity index (χ0) is 7.56. The third-order valence-electron chi connectivity index (χ3n) is 1.47. The van der Waals surface area contributed by atoms with Gasteiger partial charge in [0.25, 0.3) is 0 Å². The third kappa shape index (κ3) is 1.94. The molecule has 1 rings (SSSR count). The zero-order valence-corrected chi connectivity index (χ0v) is 6.95. The smallest absolute Gasteiger partial charge is 0.158 e. The van der Waals surface area contributed by atoms with Crippen LogP contribution >= 0.6 is 15.9 Å². The van der Waals surface area contributed by atoms with Crippen LogP contribution in [0.3, 0.4) is 0 Å². The summed E-state index contributed by atoms with van der Waals surface area (Å²) in [5.41, 5.74) is 0. The second-order valence-electron chi connectivity index (χ2n) is 2.26. The number of rotatable bonds is 1. The average molecular weight is 205 g/mol. The van der Waals surface area contributed by atoms with Crippen molar-refractivity contribution in [1.82, 2.24) is 0 Å². The molecular formula is C7H9BrO2. The standard InChI is InChI=1S/C7H9BrO2/c8-6-3-1-5(2-4-6)7(9)10/h1,3-5,7,9-10H,2H2. The summed E-state index contributed by atoms with van der Waals surface area (Å²) in [6, 6.07) is 0. The first-order valence-corrected chi connectivity index (χ1v) is 3.89. The van der Waals surface area contributed by atoms with Crippen LogP contribution in [0.15, 0.2) is 22.7 Å². The second-order valence-corrected chi connectivity index (χ2v) is 3.18. The van der Waals surface area contributed by atoms with Gasteiger partial charge < -0.3 is 10.2 Å². The molecule has 1 aliphatic rings. The quantitative estimate of drug-likeness (QED) is 0.630. The van der Waals surface area contributed by atoms with E-state index in [4.69, 9.17) is 10.2 Å². The molecular weight excluding hydrogens is 196 g/mol. The molecule has 0 aromatic heterocycles. The molecule has 0 spiro atoms. The van der Waals surface area contributed by atoms with Crippen LogP contribution in [0.2, 0.25) is 0 Å². The van der Waals surface area contributed by atoms with Gasteiger partial charge in [0, 0.05) is 10.4 Å². The Labute approximate surface area is 68.0 Å². The molecule has 0 radical (unpaired) electrons. The Morgan fingerprint density at radius 3 is 2.70 bits per heavy atom. The molecule has 0 aromatic carbocycles. The number of hydrogen-bond acceptors (Lipinski definition) is 2. The Morgan fingerprint density at radius 2 is 2.30 bits per heavy atom. The third-order valence-corrected chi connectivity index (χ3v) is 2.06. The minimum absolute atomic E-state index is 0.138. The monoisotopic (exact) mass is 204 g/mol. The summed E-state index contributed by atoms with van der Waals surface area (Å²) < 4.78 is 1.00. The van der Waals surface area contributed by atoms with Gasteiger partial charge in [0.1, 0.15) is 0 Å². The largest absolute Gasteiger partial charge is 0.368 e. The molecule has 2 N–H and O–H groups in total. The predicted octanol–water partition coefficient (Wildman–Crippen LogP) is 1.15. The number of allylic oxidation sites excluding steroid dienone is 3. The minimum atomic E-state index is -1.23. The van der Waals surface area contributed by atoms with Crippen LogP contribution in [-0.2, 0) is 0 Å². The first-order valence-electron chi connectivity index (χ1n) is 3.10. The molecule has 0 aromatic rings. The normalized spacial score (nSPS) is 25.2. The fourth-order valence-electron chi connectivity index (χ4n) is 0.832. The maximum Gasteiger partial charge on any atom is 0.158 e. The fraction of sp³-hybridized carbons (Fsp3) is 0.429. The van der Waals surface area contributed by atoms with Crippen LogP contribution in [0.1, 0.15) is 6.42 Å². The van der Waals surface area contributed by atoms with E-state index in [0.717, 1.165) is 4.48 Å². The first kappa shape index (κ1) is 7.98. The van der Waals surface area contributed by atoms with Crippen molar-refractivity contribution in [3.05, 3.63) is 22.7 Å². The Balaban J connectivity index is 2.52. The van der Waals surface area contributed by atoms with Crippen LogP contribution in [0.4, 0.5) is 0 Å². The van der Waals surface area contributed by atoms with Crippen molar-refractivity contribution >= 4 is 15.9 Å². The molecule has 2 nitrogen and oxygen atoms in total. The van der Waals surface area contributed by atoms with Gasteiger partial charge in [-0.3, -0.25) is 0 Å². The van der Waals surface area contributed by atoms with E-state index in [1.807, 2.05) is 12.2 Å². The summed E-state index contributed by atoms with van der Waals surface area (Å²) in [6.07, 6.45) is 4.99. The lowest BCUT2D eigenvalue weighted by molar-refractivity contribution is -0.0693. The Bertz CT molecular complexity index is 172. The van der Waals surface area contributed by atoms with Crippen LogP contribution in [0.5, 0.6) is 0 Å². The van der Waals surface area contributed by atoms with Crippen LogP contribution in [0.25, 0.3) is 0 Å². The van der Waals surface area contributed by atoms with Gasteiger partial charge in [-0.15, -0.1) is 0 Å². The van der Waals surface area contributed by atoms with Crippen molar-refractivity contribution in [2.24, 2.45) is 5.92 Å². The van der Waals surface area contributed by atoms with Gasteiger partial charge in [0.15, 0.2) is 6.29 Å². The molecule has 1 aliphatic carbocycles. The van der Waals surface area contributed by atoms with Crippen LogP contribution in [-0.4, -0.2) is 16.5 Å². The predicted molar refractivity (Wildman–Crippen MR) is 42.5 cm³/mol. The lowest BCUT2D eigenvalue weighted by Gasteiger charge is -2.15. The summed E-state index contributed by atoms with van der Waals surface area (Å²) in [5.74, 6) is -0.138. The molecule has 0 amide bonds. The Hall–Kier alpha value is -0.120. The minimum Gasteiger partial charge on any atom is -0.368 e. The van der Waals surface area contributed by atoms with Gasteiger partial charge in [-0.2, -0.15) is 0 Å². The van der Waals surface area contributed by atoms with Crippen molar-refractivity contribution in [2.75, 3.05) is 0 Å². The highest BCUT2D eigenvalue weighted by Crippen LogP contribution is 2.21. The molecule has 10 heavy (non-hydrogen) atoms. The van der Waals surface area contributed by atoms with Crippen LogP contribution in [0, 0.1) is 5.92 Å². The van der Waals surface area contributed by atoms with Crippen molar-refractivity contribution < 1.29 is 10.2 Å². The van der Waals surface area contributed by atoms with E-state index in [0.29, 0.717) is 6.42 Å². The van der Waals surface area contributed by atoms with Gasteiger partial charge in [-0.1, -0.05) is 34.2 Å². The van der Waals surface area contributed by atoms with E-state index in [1.165, 1.54) is 0 Å². The average Bonchev–Trinajstić information content (AvgIpc) is 1.88. The maximum absolute atomic E-state index is 8.72. The number of aliphatic hydroxyl groups is 2. The molecule has 56 valence electrons. The van der Waals surface area contributed by atoms with E-state index in [1.54, 1.807) is 6.08 Å². The summed E-state index contributed by atoms with van der Waals surface area (Å²) >= 11 is 3.28. The van der Waals surface area contributed by atoms with Crippen molar-refractivity contribution in [2.45, 2.75) is 12.7 Å². The zero-order valence-electron chi connectivity index (χ0n) is 5.37. The molecule has 0 fully saturated rings. The highest BCUT2D eigenvalue weighted by atomic mass is 79.9. The fourth-order valence-corrected chi connectivity index (χ4v) is 1.17. The van der Waals surface area contributed by atoms with Gasteiger partial charge in [0.05, 0.1) is 0 Å². The number of hydrogen-bond donors (Lipinski definition) is 2. The highest BCUT2D eigenvalue weighted by molar-refractivity contribution is 9.11. The molecule has 0 bridgehead atoms. The summed E-state index contributed by atoms with van der Waals surface area (Å²) in [5, 5.41) is 17.4. The Kier molecular flexibility index (Phi) is 2.65. The molecule has 1 unspecified atom stereocenters. The topological polar surface area (TPSA) is 40.5 Å². The van der Waals surface area contributed by atoms with Gasteiger partial charge in [-0.05, 0) is 6.42 Å². The van der Waals surface area contributed by atoms with E-state index in [9.17, 15) is 0 Å². The molecule has 0 saturated carbocycles. The van der Waals surface area contributed by atoms with E-state index >= 15 is 0 Å². The molecule has 1 atom stereocenters. The summed E-state index contributed by atoms with van der Waals surface area (Å²) in [4.78, 5) is 0. The van der Waals surface area contributed by atoms with E-state index in [2.05, 4.69) is 15.9 Å². The molecule has 3 heteroatoms. The molecule has 0 saturated heterocycles. The van der Waals surface area contributed by atoms with Gasteiger partial charge in [-0.25, -0.2) is 0 Å². The van der Waals surface area contributed by atoms with Crippen molar-refractivity contribution in [3.8, 4) is 0 Å². The van der Waals surface area contributed by atoms with Crippen molar-refractivity contribution in [1.29, 1.82) is 0 Å². The van der Waals surface area contributed by atoms with Gasteiger partial charge >= 0.3 is 0 Å². The SMILES string of the molecule is OC(O)C1C=CC(Br)=CC1. The summed E-state index contributed by atoms with van der Waals surface area (Å²) in [7, 11) is 0. The van der Waals surface area contributed by atoms with Gasteiger partial charge in [0.2, 0.25) is 0 Å². The summed E-state index contributed by atoms with van der Waals surface area (Å²) in [6.45, 7) is 0. The molecule has 0 aliphatic heterocycles. The van der Waals surface area contributed by atoms with Crippen molar-refractivity contribution in [3.63, 3.8) is 0 Å². The second kappa shape index (κ2) is 3.32. The molecule has 0 heterocycles. The van der Waals surface area contributed by atoms with E-state index < -0.39 is 6.29 Å². The number of aliphatic hydroxyl groups excluding tert-OH is 1. The number of halogens is 1. The van der Waals surface area contributed by atoms with E-state index in [-0.39, 0.29) is 5.92 Å². The maximum atomic E-state index is 8.72. The Morgan fingerprint density at radius 1 is 1.60 bits per heavy atom. The van der Waals surface area contributed by atoms with Crippen LogP contribution < -0.4 is 0 Å². The highest BCUT2D eigenvalue weighted by Gasteiger charge is 2.13. The lowest BCUT2D eigenvalue weighted by atomic mass is 10.0.